The standard InChI is InChI=1S/C26H22FN3O3/c27-21-10-6-19(7-11-21)16-33-22-12-8-20(9-13-22)23-15-25(29-17-28-23)30-24(26(31)32)14-18-4-2-1-3-5-18/h1-13,15,17,24H,14,16H2,(H,31,32)(H,28,29,30)/t24-/m0/s1. The van der Waals surface area contributed by atoms with Gasteiger partial charge in [-0.1, -0.05) is 42.5 Å². The molecule has 0 saturated heterocycles. The van der Waals surface area contributed by atoms with E-state index in [1.807, 2.05) is 54.6 Å². The maximum Gasteiger partial charge on any atom is 0.326 e. The lowest BCUT2D eigenvalue weighted by molar-refractivity contribution is -0.137. The van der Waals surface area contributed by atoms with Crippen LogP contribution in [0.5, 0.6) is 5.75 Å². The second kappa shape index (κ2) is 10.4. The van der Waals surface area contributed by atoms with Crippen molar-refractivity contribution in [1.29, 1.82) is 0 Å². The maximum absolute atomic E-state index is 13.0. The fraction of sp³-hybridized carbons (Fsp3) is 0.115. The highest BCUT2D eigenvalue weighted by molar-refractivity contribution is 5.77. The van der Waals surface area contributed by atoms with Crippen molar-refractivity contribution >= 4 is 11.8 Å². The lowest BCUT2D eigenvalue weighted by Gasteiger charge is -2.15. The van der Waals surface area contributed by atoms with Gasteiger partial charge in [0, 0.05) is 18.1 Å². The summed E-state index contributed by atoms with van der Waals surface area (Å²) in [5.74, 6) is -0.137. The zero-order valence-corrected chi connectivity index (χ0v) is 17.7. The number of anilines is 1. The van der Waals surface area contributed by atoms with Gasteiger partial charge in [-0.05, 0) is 47.5 Å². The number of carboxylic acids is 1. The molecule has 0 bridgehead atoms. The fourth-order valence-electron chi connectivity index (χ4n) is 3.29. The molecule has 1 heterocycles. The summed E-state index contributed by atoms with van der Waals surface area (Å²) in [6.45, 7) is 0.333. The third kappa shape index (κ3) is 6.13. The molecule has 2 N–H and O–H groups in total. The van der Waals surface area contributed by atoms with Crippen molar-refractivity contribution in [2.24, 2.45) is 0 Å². The van der Waals surface area contributed by atoms with Gasteiger partial charge >= 0.3 is 5.97 Å². The normalized spacial score (nSPS) is 11.5. The molecule has 1 atom stereocenters. The summed E-state index contributed by atoms with van der Waals surface area (Å²) in [5, 5.41) is 12.6. The summed E-state index contributed by atoms with van der Waals surface area (Å²) in [7, 11) is 0. The highest BCUT2D eigenvalue weighted by atomic mass is 19.1. The molecule has 0 unspecified atom stereocenters. The van der Waals surface area contributed by atoms with Crippen LogP contribution in [0.15, 0.2) is 91.3 Å². The SMILES string of the molecule is O=C(O)[C@H](Cc1ccccc1)Nc1cc(-c2ccc(OCc3ccc(F)cc3)cc2)ncn1. The average molecular weight is 443 g/mol. The predicted octanol–water partition coefficient (Wildman–Crippen LogP) is 4.97. The van der Waals surface area contributed by atoms with Crippen molar-refractivity contribution in [2.75, 3.05) is 5.32 Å². The van der Waals surface area contributed by atoms with E-state index in [4.69, 9.17) is 4.74 Å². The molecule has 0 saturated carbocycles. The Morgan fingerprint density at radius 1 is 0.939 bits per heavy atom. The van der Waals surface area contributed by atoms with E-state index in [2.05, 4.69) is 15.3 Å². The molecule has 3 aromatic carbocycles. The summed E-state index contributed by atoms with van der Waals surface area (Å²) < 4.78 is 18.8. The Morgan fingerprint density at radius 2 is 1.67 bits per heavy atom. The van der Waals surface area contributed by atoms with E-state index in [9.17, 15) is 14.3 Å². The van der Waals surface area contributed by atoms with Crippen LogP contribution in [-0.4, -0.2) is 27.1 Å². The average Bonchev–Trinajstić information content (AvgIpc) is 2.84. The molecule has 7 heteroatoms. The second-order valence-electron chi connectivity index (χ2n) is 7.45. The minimum absolute atomic E-state index is 0.281. The third-order valence-electron chi connectivity index (χ3n) is 5.04. The van der Waals surface area contributed by atoms with E-state index in [0.29, 0.717) is 30.3 Å². The van der Waals surface area contributed by atoms with E-state index < -0.39 is 12.0 Å². The highest BCUT2D eigenvalue weighted by Gasteiger charge is 2.18. The Kier molecular flexibility index (Phi) is 6.90. The van der Waals surface area contributed by atoms with Gasteiger partial charge < -0.3 is 15.2 Å². The molecular weight excluding hydrogens is 421 g/mol. The largest absolute Gasteiger partial charge is 0.489 e. The number of hydrogen-bond acceptors (Lipinski definition) is 5. The molecule has 0 amide bonds. The molecular formula is C26H22FN3O3. The third-order valence-corrected chi connectivity index (χ3v) is 5.04. The van der Waals surface area contributed by atoms with Crippen LogP contribution in [0.3, 0.4) is 0 Å². The summed E-state index contributed by atoms with van der Waals surface area (Å²) in [6, 6.07) is 23.9. The van der Waals surface area contributed by atoms with Gasteiger partial charge in [-0.2, -0.15) is 0 Å². The Balaban J connectivity index is 1.42. The number of nitrogens with zero attached hydrogens (tertiary/aromatic N) is 2. The molecule has 4 aromatic rings. The van der Waals surface area contributed by atoms with Crippen LogP contribution < -0.4 is 10.1 Å². The monoisotopic (exact) mass is 443 g/mol. The molecule has 6 nitrogen and oxygen atoms in total. The van der Waals surface area contributed by atoms with Gasteiger partial charge in [0.05, 0.1) is 5.69 Å². The zero-order chi connectivity index (χ0) is 23.0. The van der Waals surface area contributed by atoms with E-state index in [1.54, 1.807) is 18.2 Å². The minimum atomic E-state index is -0.957. The number of carbonyl (C=O) groups is 1. The smallest absolute Gasteiger partial charge is 0.326 e. The molecule has 0 aliphatic heterocycles. The molecule has 0 spiro atoms. The number of rotatable bonds is 9. The van der Waals surface area contributed by atoms with E-state index >= 15 is 0 Å². The number of carboxylic acid groups (broad SMARTS) is 1. The first-order valence-electron chi connectivity index (χ1n) is 10.4. The van der Waals surface area contributed by atoms with Crippen molar-refractivity contribution in [3.63, 3.8) is 0 Å². The van der Waals surface area contributed by atoms with Crippen LogP contribution in [0, 0.1) is 5.82 Å². The predicted molar refractivity (Wildman–Crippen MR) is 123 cm³/mol. The van der Waals surface area contributed by atoms with Crippen LogP contribution >= 0.6 is 0 Å². The van der Waals surface area contributed by atoms with Gasteiger partial charge in [0.15, 0.2) is 0 Å². The molecule has 0 aliphatic carbocycles. The van der Waals surface area contributed by atoms with Crippen molar-refractivity contribution in [3.05, 3.63) is 108 Å². The Bertz CT molecular complexity index is 1200. The number of aromatic nitrogens is 2. The first-order chi connectivity index (χ1) is 16.1. The number of benzene rings is 3. The van der Waals surface area contributed by atoms with E-state index in [1.165, 1.54) is 18.5 Å². The molecule has 0 radical (unpaired) electrons. The van der Waals surface area contributed by atoms with Crippen LogP contribution in [0.4, 0.5) is 10.2 Å². The molecule has 4 rings (SSSR count). The lowest BCUT2D eigenvalue weighted by atomic mass is 10.1. The molecule has 0 aliphatic rings. The van der Waals surface area contributed by atoms with E-state index in [0.717, 1.165) is 16.7 Å². The van der Waals surface area contributed by atoms with Gasteiger partial charge in [0.25, 0.3) is 0 Å². The van der Waals surface area contributed by atoms with Crippen LogP contribution in [-0.2, 0) is 17.8 Å². The molecule has 33 heavy (non-hydrogen) atoms. The summed E-state index contributed by atoms with van der Waals surface area (Å²) >= 11 is 0. The lowest BCUT2D eigenvalue weighted by Crippen LogP contribution is -2.31. The fourth-order valence-corrected chi connectivity index (χ4v) is 3.29. The maximum atomic E-state index is 13.0. The second-order valence-corrected chi connectivity index (χ2v) is 7.45. The van der Waals surface area contributed by atoms with Crippen molar-refractivity contribution in [2.45, 2.75) is 19.1 Å². The molecule has 0 fully saturated rings. The Morgan fingerprint density at radius 3 is 2.36 bits per heavy atom. The van der Waals surface area contributed by atoms with Gasteiger partial charge in [0.2, 0.25) is 0 Å². The summed E-state index contributed by atoms with van der Waals surface area (Å²) in [5.41, 5.74) is 3.28. The van der Waals surface area contributed by atoms with Crippen LogP contribution in [0.1, 0.15) is 11.1 Å². The van der Waals surface area contributed by atoms with Crippen LogP contribution in [0.2, 0.25) is 0 Å². The zero-order valence-electron chi connectivity index (χ0n) is 17.7. The number of ether oxygens (including phenoxy) is 1. The van der Waals surface area contributed by atoms with Crippen LogP contribution in [0.25, 0.3) is 11.3 Å². The van der Waals surface area contributed by atoms with Crippen molar-refractivity contribution in [1.82, 2.24) is 9.97 Å². The Labute approximate surface area is 190 Å². The summed E-state index contributed by atoms with van der Waals surface area (Å²) in [4.78, 5) is 20.2. The number of nitrogens with one attached hydrogen (secondary N) is 1. The first kappa shape index (κ1) is 22.0. The first-order valence-corrected chi connectivity index (χ1v) is 10.4. The van der Waals surface area contributed by atoms with Gasteiger partial charge in [0.1, 0.15) is 36.4 Å². The van der Waals surface area contributed by atoms with Gasteiger partial charge in [-0.15, -0.1) is 0 Å². The van der Waals surface area contributed by atoms with Crippen molar-refractivity contribution < 1.29 is 19.0 Å². The number of aliphatic carboxylic acids is 1. The minimum Gasteiger partial charge on any atom is -0.489 e. The number of hydrogen-bond donors (Lipinski definition) is 2. The highest BCUT2D eigenvalue weighted by Crippen LogP contribution is 2.23. The van der Waals surface area contributed by atoms with E-state index in [-0.39, 0.29) is 5.82 Å². The van der Waals surface area contributed by atoms with Gasteiger partial charge in [-0.25, -0.2) is 19.2 Å². The van der Waals surface area contributed by atoms with Crippen molar-refractivity contribution in [3.8, 4) is 17.0 Å². The quantitative estimate of drug-likeness (QED) is 0.380. The number of halogens is 1. The Hall–Kier alpha value is -4.26. The molecule has 1 aromatic heterocycles. The molecule has 166 valence electrons. The summed E-state index contributed by atoms with van der Waals surface area (Å²) in [6.07, 6.45) is 1.73. The topological polar surface area (TPSA) is 84.3 Å². The van der Waals surface area contributed by atoms with Gasteiger partial charge in [-0.3, -0.25) is 0 Å².